The van der Waals surface area contributed by atoms with E-state index in [1.54, 1.807) is 6.07 Å². The molecule has 2 heterocycles. The number of carbonyl (C=O) groups is 1. The van der Waals surface area contributed by atoms with Crippen LogP contribution in [-0.4, -0.2) is 19.8 Å². The lowest BCUT2D eigenvalue weighted by Crippen LogP contribution is -2.17. The number of carbonyl (C=O) groups excluding carboxylic acids is 1. The number of para-hydroxylation sites is 1. The zero-order valence-corrected chi connectivity index (χ0v) is 12.5. The van der Waals surface area contributed by atoms with E-state index in [1.165, 1.54) is 0 Å². The largest absolute Gasteiger partial charge is 0.332 e. The molecule has 1 aliphatic rings. The number of Topliss-reactive ketones (excluding diaryl/α,β-unsaturated/α-hetero) is 1. The third-order valence-electron chi connectivity index (χ3n) is 3.75. The van der Waals surface area contributed by atoms with Gasteiger partial charge in [0.15, 0.2) is 0 Å². The molecule has 3 aromatic rings. The second-order valence-corrected chi connectivity index (χ2v) is 6.46. The van der Waals surface area contributed by atoms with Crippen molar-refractivity contribution in [2.24, 2.45) is 0 Å². The zero-order valence-electron chi connectivity index (χ0n) is 11.6. The number of aromatic nitrogens is 1. The molecule has 1 unspecified atom stereocenters. The highest BCUT2D eigenvalue weighted by Gasteiger charge is 2.27. The molecular weight excluding hydrogens is 294 g/mol. The van der Waals surface area contributed by atoms with Crippen molar-refractivity contribution >= 4 is 21.4 Å². The van der Waals surface area contributed by atoms with Gasteiger partial charge in [0.1, 0.15) is 0 Å². The Balaban J connectivity index is 2.10. The fraction of sp³-hybridized carbons (Fsp3) is 0. The van der Waals surface area contributed by atoms with Gasteiger partial charge in [0.05, 0.1) is 21.1 Å². The van der Waals surface area contributed by atoms with Gasteiger partial charge < -0.3 is 9.12 Å². The number of ketones is 1. The molecule has 0 amide bonds. The summed E-state index contributed by atoms with van der Waals surface area (Å²) >= 11 is 0. The molecule has 2 aromatic carbocycles. The van der Waals surface area contributed by atoms with Crippen molar-refractivity contribution < 1.29 is 9.35 Å². The number of hydrogen-bond acceptors (Lipinski definition) is 2. The third-order valence-corrected chi connectivity index (χ3v) is 5.32. The minimum Gasteiger partial charge on any atom is -0.332 e. The number of fused-ring (bicyclic) bond motifs is 3. The van der Waals surface area contributed by atoms with Crippen molar-refractivity contribution in [2.45, 2.75) is 4.90 Å². The predicted molar refractivity (Wildman–Crippen MR) is 89.1 cm³/mol. The Hall–Kier alpha value is -2.43. The molecule has 1 N–H and O–H groups in total. The molecule has 108 valence electrons. The lowest BCUT2D eigenvalue weighted by Gasteiger charge is -2.10. The molecule has 4 heteroatoms. The fourth-order valence-electron chi connectivity index (χ4n) is 2.74. The van der Waals surface area contributed by atoms with E-state index in [-0.39, 0.29) is 5.78 Å². The van der Waals surface area contributed by atoms with Crippen molar-refractivity contribution in [3.05, 3.63) is 84.2 Å². The Morgan fingerprint density at radius 3 is 2.41 bits per heavy atom. The van der Waals surface area contributed by atoms with Crippen molar-refractivity contribution in [1.82, 2.24) is 4.57 Å². The van der Waals surface area contributed by atoms with Crippen LogP contribution in [0.5, 0.6) is 0 Å². The summed E-state index contributed by atoms with van der Waals surface area (Å²) in [7, 11) is -1.26. The van der Waals surface area contributed by atoms with Crippen LogP contribution >= 0.6 is 10.8 Å². The van der Waals surface area contributed by atoms with E-state index in [4.69, 9.17) is 0 Å². The summed E-state index contributed by atoms with van der Waals surface area (Å²) in [5.41, 5.74) is 2.20. The summed E-state index contributed by atoms with van der Waals surface area (Å²) in [4.78, 5) is 14.2. The van der Waals surface area contributed by atoms with Crippen LogP contribution in [0.4, 0.5) is 0 Å². The van der Waals surface area contributed by atoms with Gasteiger partial charge in [-0.25, -0.2) is 0 Å². The first kappa shape index (κ1) is 13.2. The molecule has 1 atom stereocenters. The van der Waals surface area contributed by atoms with Crippen LogP contribution in [0, 0.1) is 0 Å². The van der Waals surface area contributed by atoms with Crippen LogP contribution in [-0.2, 0) is 0 Å². The highest BCUT2D eigenvalue weighted by atomic mass is 32.2. The second-order valence-electron chi connectivity index (χ2n) is 5.04. The lowest BCUT2D eigenvalue weighted by molar-refractivity contribution is 0.106. The van der Waals surface area contributed by atoms with E-state index in [0.29, 0.717) is 10.6 Å². The predicted octanol–water partition coefficient (Wildman–Crippen LogP) is 4.00. The average Bonchev–Trinajstić information content (AvgIpc) is 3.02. The minimum absolute atomic E-state index is 0.127. The molecule has 1 aliphatic heterocycles. The molecule has 0 bridgehead atoms. The topological polar surface area (TPSA) is 42.2 Å². The maximum absolute atomic E-state index is 13.0. The highest BCUT2D eigenvalue weighted by molar-refractivity contribution is 8.12. The normalized spacial score (nSPS) is 16.9. The summed E-state index contributed by atoms with van der Waals surface area (Å²) in [6.45, 7) is 0. The summed E-state index contributed by atoms with van der Waals surface area (Å²) < 4.78 is 12.7. The first-order valence-corrected chi connectivity index (χ1v) is 8.13. The molecule has 0 saturated carbocycles. The Labute approximate surface area is 130 Å². The number of hydrogen-bond donors (Lipinski definition) is 1. The first-order valence-electron chi connectivity index (χ1n) is 6.94. The summed E-state index contributed by atoms with van der Waals surface area (Å²) in [6.07, 6.45) is 1.86. The molecule has 4 rings (SSSR count). The van der Waals surface area contributed by atoms with Crippen LogP contribution in [0.2, 0.25) is 0 Å². The highest BCUT2D eigenvalue weighted by Crippen LogP contribution is 2.36. The third kappa shape index (κ3) is 1.89. The van der Waals surface area contributed by atoms with E-state index in [1.807, 2.05) is 71.4 Å². The Morgan fingerprint density at radius 2 is 1.59 bits per heavy atom. The number of benzene rings is 2. The van der Waals surface area contributed by atoms with Crippen LogP contribution in [0.3, 0.4) is 0 Å². The number of nitrogens with zero attached hydrogens (tertiary/aromatic N) is 1. The van der Waals surface area contributed by atoms with Gasteiger partial charge in [0.2, 0.25) is 5.78 Å². The molecule has 1 aromatic heterocycles. The molecule has 22 heavy (non-hydrogen) atoms. The quantitative estimate of drug-likeness (QED) is 0.691. The Morgan fingerprint density at radius 1 is 0.864 bits per heavy atom. The van der Waals surface area contributed by atoms with Gasteiger partial charge in [-0.15, -0.1) is 0 Å². The molecule has 0 aliphatic carbocycles. The minimum atomic E-state index is -1.26. The summed E-state index contributed by atoms with van der Waals surface area (Å²) in [5.74, 6) is -0.127. The second kappa shape index (κ2) is 5.09. The van der Waals surface area contributed by atoms with Gasteiger partial charge in [-0.2, -0.15) is 0 Å². The van der Waals surface area contributed by atoms with E-state index >= 15 is 0 Å². The molecule has 0 saturated heterocycles. The van der Waals surface area contributed by atoms with Gasteiger partial charge in [0, 0.05) is 6.20 Å². The average molecular weight is 307 g/mol. The van der Waals surface area contributed by atoms with Crippen LogP contribution < -0.4 is 0 Å². The Bertz CT molecular complexity index is 910. The van der Waals surface area contributed by atoms with Crippen molar-refractivity contribution in [1.29, 1.82) is 0 Å². The van der Waals surface area contributed by atoms with Crippen molar-refractivity contribution in [3.8, 4) is 5.69 Å². The van der Waals surface area contributed by atoms with Gasteiger partial charge in [0.25, 0.3) is 0 Å². The van der Waals surface area contributed by atoms with E-state index in [0.717, 1.165) is 16.1 Å². The van der Waals surface area contributed by atoms with Gasteiger partial charge in [-0.05, 0) is 40.6 Å². The van der Waals surface area contributed by atoms with Crippen molar-refractivity contribution in [2.75, 3.05) is 0 Å². The first-order chi connectivity index (χ1) is 10.8. The molecule has 0 spiro atoms. The van der Waals surface area contributed by atoms with Crippen molar-refractivity contribution in [3.63, 3.8) is 0 Å². The summed E-state index contributed by atoms with van der Waals surface area (Å²) in [6, 6.07) is 20.6. The monoisotopic (exact) mass is 307 g/mol. The zero-order chi connectivity index (χ0) is 15.1. The molecule has 0 radical (unpaired) electrons. The maximum atomic E-state index is 13.0. The molecule has 0 fully saturated rings. The van der Waals surface area contributed by atoms with E-state index in [2.05, 4.69) is 0 Å². The van der Waals surface area contributed by atoms with Gasteiger partial charge >= 0.3 is 0 Å². The van der Waals surface area contributed by atoms with Crippen LogP contribution in [0.15, 0.2) is 77.8 Å². The van der Waals surface area contributed by atoms with Gasteiger partial charge in [-0.1, -0.05) is 42.5 Å². The molecule has 3 nitrogen and oxygen atoms in total. The Kier molecular flexibility index (Phi) is 3.06. The van der Waals surface area contributed by atoms with E-state index in [9.17, 15) is 9.35 Å². The van der Waals surface area contributed by atoms with E-state index < -0.39 is 10.8 Å². The smallest absolute Gasteiger partial charge is 0.218 e. The van der Waals surface area contributed by atoms with Gasteiger partial charge in [-0.3, -0.25) is 4.79 Å². The van der Waals surface area contributed by atoms with Crippen LogP contribution in [0.25, 0.3) is 5.69 Å². The lowest BCUT2D eigenvalue weighted by atomic mass is 10.1. The van der Waals surface area contributed by atoms with Crippen LogP contribution in [0.1, 0.15) is 16.1 Å². The number of rotatable bonds is 1. The standard InChI is InChI=1S/C18H13NO2S/c20-17-15-10-6-12-19(15)14-9-4-5-11-16(14)22(21)18(17)13-7-2-1-3-8-13/h1-12,21H. The SMILES string of the molecule is O=C1C(c2ccccc2)=S(O)c2ccccc2-n2cccc21. The maximum Gasteiger partial charge on any atom is 0.218 e. The summed E-state index contributed by atoms with van der Waals surface area (Å²) in [5, 5.41) is 0. The fourth-order valence-corrected chi connectivity index (χ4v) is 4.17. The molecular formula is C18H13NO2S.